The predicted octanol–water partition coefficient (Wildman–Crippen LogP) is 4.19. The minimum Gasteiger partial charge on any atom is -0.305 e. The number of carbonyl (C=O) groups excluding carboxylic acids is 1. The van der Waals surface area contributed by atoms with Crippen molar-refractivity contribution in [3.63, 3.8) is 0 Å². The number of amides is 1. The zero-order valence-electron chi connectivity index (χ0n) is 15.4. The third-order valence-electron chi connectivity index (χ3n) is 4.55. The Balaban J connectivity index is 1.98. The van der Waals surface area contributed by atoms with Crippen molar-refractivity contribution in [3.05, 3.63) is 63.5 Å². The molecule has 4 heteroatoms. The third kappa shape index (κ3) is 3.79. The van der Waals surface area contributed by atoms with Crippen LogP contribution in [0.4, 0.5) is 0 Å². The Morgan fingerprint density at radius 2 is 1.81 bits per heavy atom. The van der Waals surface area contributed by atoms with E-state index >= 15 is 0 Å². The third-order valence-corrected chi connectivity index (χ3v) is 5.60. The van der Waals surface area contributed by atoms with Gasteiger partial charge >= 0.3 is 0 Å². The molecule has 0 aliphatic heterocycles. The molecular formula is C22H22N2OS. The Morgan fingerprint density at radius 3 is 2.46 bits per heavy atom. The second kappa shape index (κ2) is 7.72. The second-order valence-corrected chi connectivity index (χ2v) is 7.44. The van der Waals surface area contributed by atoms with Crippen molar-refractivity contribution in [2.75, 3.05) is 0 Å². The molecule has 0 saturated heterocycles. The second-order valence-electron chi connectivity index (χ2n) is 6.43. The van der Waals surface area contributed by atoms with E-state index in [2.05, 4.69) is 55.9 Å². The Bertz CT molecular complexity index is 1060. The number of carbonyl (C=O) groups is 1. The number of rotatable bonds is 4. The number of hydrogen-bond acceptors (Lipinski definition) is 2. The molecule has 0 spiro atoms. The molecular weight excluding hydrogens is 340 g/mol. The molecule has 0 aliphatic carbocycles. The van der Waals surface area contributed by atoms with E-state index in [1.807, 2.05) is 16.7 Å². The van der Waals surface area contributed by atoms with Gasteiger partial charge in [-0.05, 0) is 54.7 Å². The van der Waals surface area contributed by atoms with Crippen LogP contribution < -0.4 is 4.80 Å². The average molecular weight is 362 g/mol. The van der Waals surface area contributed by atoms with Crippen molar-refractivity contribution in [1.82, 2.24) is 4.57 Å². The summed E-state index contributed by atoms with van der Waals surface area (Å²) in [5.41, 5.74) is 5.71. The Morgan fingerprint density at radius 1 is 1.15 bits per heavy atom. The lowest BCUT2D eigenvalue weighted by molar-refractivity contribution is -0.117. The van der Waals surface area contributed by atoms with E-state index in [0.29, 0.717) is 17.8 Å². The number of nitrogens with zero attached hydrogens (tertiary/aromatic N) is 2. The maximum atomic E-state index is 12.5. The summed E-state index contributed by atoms with van der Waals surface area (Å²) in [7, 11) is 0. The van der Waals surface area contributed by atoms with Gasteiger partial charge in [-0.15, -0.1) is 6.42 Å². The topological polar surface area (TPSA) is 34.4 Å². The molecule has 3 rings (SSSR count). The van der Waals surface area contributed by atoms with E-state index in [9.17, 15) is 4.79 Å². The molecule has 1 amide bonds. The highest BCUT2D eigenvalue weighted by atomic mass is 32.1. The van der Waals surface area contributed by atoms with Gasteiger partial charge in [0.05, 0.1) is 23.2 Å². The number of aromatic nitrogens is 1. The number of terminal acetylenes is 1. The summed E-state index contributed by atoms with van der Waals surface area (Å²) in [5, 5.41) is 0. The molecule has 26 heavy (non-hydrogen) atoms. The summed E-state index contributed by atoms with van der Waals surface area (Å²) in [6.07, 6.45) is 6.83. The zero-order valence-corrected chi connectivity index (χ0v) is 16.2. The van der Waals surface area contributed by atoms with E-state index in [1.165, 1.54) is 28.0 Å². The number of hydrogen-bond donors (Lipinski definition) is 0. The van der Waals surface area contributed by atoms with E-state index in [0.717, 1.165) is 22.2 Å². The molecule has 0 radical (unpaired) electrons. The van der Waals surface area contributed by atoms with Gasteiger partial charge in [-0.25, -0.2) is 0 Å². The lowest BCUT2D eigenvalue weighted by atomic mass is 10.1. The molecule has 1 heterocycles. The Kier molecular flexibility index (Phi) is 5.39. The summed E-state index contributed by atoms with van der Waals surface area (Å²) in [6, 6.07) is 12.4. The summed E-state index contributed by atoms with van der Waals surface area (Å²) < 4.78 is 3.05. The first-order chi connectivity index (χ1) is 12.5. The molecule has 0 fully saturated rings. The first-order valence-electron chi connectivity index (χ1n) is 8.71. The molecule has 1 aromatic heterocycles. The van der Waals surface area contributed by atoms with Crippen molar-refractivity contribution in [1.29, 1.82) is 0 Å². The fourth-order valence-corrected chi connectivity index (χ4v) is 3.99. The molecule has 3 nitrogen and oxygen atoms in total. The minimum atomic E-state index is -0.153. The molecule has 2 aromatic carbocycles. The van der Waals surface area contributed by atoms with Crippen LogP contribution in [0.1, 0.15) is 29.2 Å². The largest absolute Gasteiger partial charge is 0.305 e. The molecule has 132 valence electrons. The van der Waals surface area contributed by atoms with E-state index < -0.39 is 0 Å². The molecule has 0 unspecified atom stereocenters. The van der Waals surface area contributed by atoms with Gasteiger partial charge in [0.15, 0.2) is 4.80 Å². The summed E-state index contributed by atoms with van der Waals surface area (Å²) in [6.45, 7) is 6.68. The van der Waals surface area contributed by atoms with Gasteiger partial charge in [-0.1, -0.05) is 48.4 Å². The summed E-state index contributed by atoms with van der Waals surface area (Å²) in [5.74, 6) is 2.52. The lowest BCUT2D eigenvalue weighted by Crippen LogP contribution is -2.17. The number of benzene rings is 2. The summed E-state index contributed by atoms with van der Waals surface area (Å²) in [4.78, 5) is 17.5. The fourth-order valence-electron chi connectivity index (χ4n) is 2.86. The van der Waals surface area contributed by atoms with E-state index in [1.54, 1.807) is 0 Å². The standard InChI is InChI=1S/C22H22N2OS/c1-5-11-24-19-12-15(3)16(4)13-20(19)26-22(24)23-21(25)14-18-9-7-17(6-2)8-10-18/h1,7-10,12-13H,6,11,14H2,2-4H3. The van der Waals surface area contributed by atoms with E-state index in [-0.39, 0.29) is 5.91 Å². The summed E-state index contributed by atoms with van der Waals surface area (Å²) >= 11 is 1.51. The zero-order chi connectivity index (χ0) is 18.7. The normalized spacial score (nSPS) is 11.7. The number of thiazole rings is 1. The van der Waals surface area contributed by atoms with E-state index in [4.69, 9.17) is 6.42 Å². The van der Waals surface area contributed by atoms with Crippen LogP contribution in [0.15, 0.2) is 41.4 Å². The highest BCUT2D eigenvalue weighted by Gasteiger charge is 2.09. The maximum Gasteiger partial charge on any atom is 0.252 e. The van der Waals surface area contributed by atoms with Gasteiger partial charge in [-0.2, -0.15) is 4.99 Å². The Labute approximate surface area is 158 Å². The first-order valence-corrected chi connectivity index (χ1v) is 9.53. The quantitative estimate of drug-likeness (QED) is 0.641. The molecule has 0 aliphatic rings. The van der Waals surface area contributed by atoms with Gasteiger partial charge < -0.3 is 4.57 Å². The number of aryl methyl sites for hydroxylation is 3. The highest BCUT2D eigenvalue weighted by Crippen LogP contribution is 2.22. The molecule has 3 aromatic rings. The van der Waals surface area contributed by atoms with Crippen molar-refractivity contribution in [3.8, 4) is 12.3 Å². The van der Waals surface area contributed by atoms with Crippen LogP contribution >= 0.6 is 11.3 Å². The smallest absolute Gasteiger partial charge is 0.252 e. The predicted molar refractivity (Wildman–Crippen MR) is 108 cm³/mol. The first kappa shape index (κ1) is 18.2. The fraction of sp³-hybridized carbons (Fsp3) is 0.273. The maximum absolute atomic E-state index is 12.5. The van der Waals surface area contributed by atoms with Crippen LogP contribution in [0.2, 0.25) is 0 Å². The molecule has 0 atom stereocenters. The highest BCUT2D eigenvalue weighted by molar-refractivity contribution is 7.16. The van der Waals surface area contributed by atoms with Crippen molar-refractivity contribution < 1.29 is 4.79 Å². The van der Waals surface area contributed by atoms with Crippen molar-refractivity contribution >= 4 is 27.5 Å². The minimum absolute atomic E-state index is 0.153. The lowest BCUT2D eigenvalue weighted by Gasteiger charge is -2.03. The van der Waals surface area contributed by atoms with Crippen molar-refractivity contribution in [2.24, 2.45) is 4.99 Å². The average Bonchev–Trinajstić information content (AvgIpc) is 2.93. The van der Waals surface area contributed by atoms with Crippen LogP contribution in [0.25, 0.3) is 10.2 Å². The number of fused-ring (bicyclic) bond motifs is 1. The van der Waals surface area contributed by atoms with Gasteiger partial charge in [0.2, 0.25) is 0 Å². The van der Waals surface area contributed by atoms with Gasteiger partial charge in [0, 0.05) is 0 Å². The molecule has 0 N–H and O–H groups in total. The van der Waals surface area contributed by atoms with Gasteiger partial charge in [0.25, 0.3) is 5.91 Å². The Hall–Kier alpha value is -2.64. The van der Waals surface area contributed by atoms with Crippen LogP contribution in [-0.4, -0.2) is 10.5 Å². The monoisotopic (exact) mass is 362 g/mol. The van der Waals surface area contributed by atoms with Crippen LogP contribution in [-0.2, 0) is 24.2 Å². The van der Waals surface area contributed by atoms with Crippen LogP contribution in [0, 0.1) is 26.2 Å². The van der Waals surface area contributed by atoms with Crippen LogP contribution in [0.3, 0.4) is 0 Å². The SMILES string of the molecule is C#CCn1c(=NC(=O)Cc2ccc(CC)cc2)sc2cc(C)c(C)cc21. The van der Waals surface area contributed by atoms with Gasteiger partial charge in [-0.3, -0.25) is 4.79 Å². The molecule has 0 saturated carbocycles. The van der Waals surface area contributed by atoms with Gasteiger partial charge in [0.1, 0.15) is 0 Å². The van der Waals surface area contributed by atoms with Crippen molar-refractivity contribution in [2.45, 2.75) is 40.2 Å². The van der Waals surface area contributed by atoms with Crippen LogP contribution in [0.5, 0.6) is 0 Å². The molecule has 0 bridgehead atoms.